The lowest BCUT2D eigenvalue weighted by atomic mass is 9.76. The van der Waals surface area contributed by atoms with Gasteiger partial charge in [-0.05, 0) is 42.4 Å². The summed E-state index contributed by atoms with van der Waals surface area (Å²) in [5.74, 6) is 0. The second kappa shape index (κ2) is 5.75. The molecule has 0 bridgehead atoms. The molecular weight excluding hydrogens is 220 g/mol. The lowest BCUT2D eigenvalue weighted by molar-refractivity contribution is 0.207. The van der Waals surface area contributed by atoms with Crippen LogP contribution in [0.4, 0.5) is 5.69 Å². The first-order chi connectivity index (χ1) is 8.61. The van der Waals surface area contributed by atoms with Crippen molar-refractivity contribution < 1.29 is 0 Å². The van der Waals surface area contributed by atoms with Gasteiger partial charge in [0.15, 0.2) is 0 Å². The van der Waals surface area contributed by atoms with Gasteiger partial charge in [0, 0.05) is 18.8 Å². The molecule has 18 heavy (non-hydrogen) atoms. The fourth-order valence-electron chi connectivity index (χ4n) is 2.98. The first kappa shape index (κ1) is 13.4. The van der Waals surface area contributed by atoms with Crippen molar-refractivity contribution in [2.75, 3.05) is 12.3 Å². The Morgan fingerprint density at radius 1 is 1.22 bits per heavy atom. The van der Waals surface area contributed by atoms with Crippen LogP contribution in [0.15, 0.2) is 18.2 Å². The fraction of sp³-hybridized carbons (Fsp3) is 0.625. The molecule has 1 aromatic rings. The summed E-state index contributed by atoms with van der Waals surface area (Å²) in [5, 5.41) is 3.62. The van der Waals surface area contributed by atoms with Crippen LogP contribution in [0.25, 0.3) is 0 Å². The lowest BCUT2D eigenvalue weighted by Gasteiger charge is -2.33. The zero-order chi connectivity index (χ0) is 13.0. The van der Waals surface area contributed by atoms with Crippen LogP contribution in [-0.2, 0) is 6.54 Å². The van der Waals surface area contributed by atoms with E-state index in [4.69, 9.17) is 5.73 Å². The number of nitrogens with two attached hydrogens (primary N) is 1. The Morgan fingerprint density at radius 2 is 1.94 bits per heavy atom. The van der Waals surface area contributed by atoms with Crippen LogP contribution in [-0.4, -0.2) is 6.54 Å². The van der Waals surface area contributed by atoms with Gasteiger partial charge < -0.3 is 11.1 Å². The maximum absolute atomic E-state index is 5.93. The van der Waals surface area contributed by atoms with E-state index >= 15 is 0 Å². The van der Waals surface area contributed by atoms with Crippen molar-refractivity contribution >= 4 is 5.69 Å². The Bertz CT molecular complexity index is 392. The minimum Gasteiger partial charge on any atom is -0.399 e. The van der Waals surface area contributed by atoms with Crippen molar-refractivity contribution in [1.82, 2.24) is 5.32 Å². The number of anilines is 1. The number of hydrogen-bond donors (Lipinski definition) is 2. The fourth-order valence-corrected chi connectivity index (χ4v) is 2.98. The van der Waals surface area contributed by atoms with Crippen LogP contribution in [0.5, 0.6) is 0 Å². The molecule has 0 saturated heterocycles. The molecule has 1 aliphatic rings. The molecule has 1 saturated carbocycles. The van der Waals surface area contributed by atoms with Gasteiger partial charge in [0.1, 0.15) is 0 Å². The number of rotatable bonds is 4. The van der Waals surface area contributed by atoms with Crippen LogP contribution >= 0.6 is 0 Å². The summed E-state index contributed by atoms with van der Waals surface area (Å²) in [6.45, 7) is 6.59. The quantitative estimate of drug-likeness (QED) is 0.796. The summed E-state index contributed by atoms with van der Waals surface area (Å²) in [6.07, 6.45) is 6.96. The van der Waals surface area contributed by atoms with Crippen LogP contribution in [0, 0.1) is 12.3 Å². The van der Waals surface area contributed by atoms with E-state index < -0.39 is 0 Å². The molecule has 0 heterocycles. The third kappa shape index (κ3) is 3.26. The van der Waals surface area contributed by atoms with E-state index in [1.165, 1.54) is 43.2 Å². The van der Waals surface area contributed by atoms with Gasteiger partial charge in [-0.1, -0.05) is 38.3 Å². The highest BCUT2D eigenvalue weighted by Crippen LogP contribution is 2.35. The van der Waals surface area contributed by atoms with E-state index in [1.54, 1.807) is 0 Å². The second-order valence-corrected chi connectivity index (χ2v) is 6.11. The van der Waals surface area contributed by atoms with Gasteiger partial charge in [-0.2, -0.15) is 0 Å². The number of hydrogen-bond acceptors (Lipinski definition) is 2. The maximum atomic E-state index is 5.93. The van der Waals surface area contributed by atoms with Gasteiger partial charge in [0.2, 0.25) is 0 Å². The first-order valence-corrected chi connectivity index (χ1v) is 7.15. The maximum Gasteiger partial charge on any atom is 0.0346 e. The zero-order valence-electron chi connectivity index (χ0n) is 11.8. The Hall–Kier alpha value is -1.02. The van der Waals surface area contributed by atoms with Crippen molar-refractivity contribution in [3.05, 3.63) is 29.3 Å². The predicted molar refractivity (Wildman–Crippen MR) is 78.5 cm³/mol. The third-order valence-corrected chi connectivity index (χ3v) is 4.42. The molecule has 0 spiro atoms. The highest BCUT2D eigenvalue weighted by molar-refractivity contribution is 5.49. The molecule has 0 unspecified atom stereocenters. The summed E-state index contributed by atoms with van der Waals surface area (Å²) >= 11 is 0. The second-order valence-electron chi connectivity index (χ2n) is 6.11. The average molecular weight is 246 g/mol. The Balaban J connectivity index is 1.86. The van der Waals surface area contributed by atoms with Crippen molar-refractivity contribution in [2.24, 2.45) is 5.41 Å². The molecule has 3 N–H and O–H groups in total. The molecular formula is C16H26N2. The van der Waals surface area contributed by atoms with E-state index in [0.717, 1.165) is 18.8 Å². The van der Waals surface area contributed by atoms with Gasteiger partial charge in [-0.15, -0.1) is 0 Å². The molecule has 100 valence electrons. The van der Waals surface area contributed by atoms with E-state index in [1.807, 2.05) is 12.1 Å². The highest BCUT2D eigenvalue weighted by atomic mass is 14.9. The minimum atomic E-state index is 0.506. The van der Waals surface area contributed by atoms with Crippen LogP contribution in [0.1, 0.15) is 50.2 Å². The summed E-state index contributed by atoms with van der Waals surface area (Å²) in [4.78, 5) is 0. The summed E-state index contributed by atoms with van der Waals surface area (Å²) in [5.41, 5.74) is 9.89. The Labute approximate surface area is 111 Å². The molecule has 0 radical (unpaired) electrons. The standard InChI is InChI=1S/C16H26N2/c1-13-14(7-6-8-15(13)17)11-18-12-16(2)9-4-3-5-10-16/h6-8,18H,3-5,9-12,17H2,1-2H3. The van der Waals surface area contributed by atoms with Gasteiger partial charge >= 0.3 is 0 Å². The molecule has 2 rings (SSSR count). The lowest BCUT2D eigenvalue weighted by Crippen LogP contribution is -2.33. The molecule has 2 heteroatoms. The van der Waals surface area contributed by atoms with Crippen molar-refractivity contribution in [3.63, 3.8) is 0 Å². The molecule has 0 aromatic heterocycles. The van der Waals surface area contributed by atoms with E-state index in [-0.39, 0.29) is 0 Å². The predicted octanol–water partition coefficient (Wildman–Crippen LogP) is 3.64. The normalized spacial score (nSPS) is 18.8. The van der Waals surface area contributed by atoms with Crippen LogP contribution in [0.2, 0.25) is 0 Å². The minimum absolute atomic E-state index is 0.506. The number of nitrogen functional groups attached to an aromatic ring is 1. The zero-order valence-corrected chi connectivity index (χ0v) is 11.8. The van der Waals surface area contributed by atoms with Crippen LogP contribution < -0.4 is 11.1 Å². The summed E-state index contributed by atoms with van der Waals surface area (Å²) in [6, 6.07) is 6.19. The van der Waals surface area contributed by atoms with Gasteiger partial charge in [0.05, 0.1) is 0 Å². The SMILES string of the molecule is Cc1c(N)cccc1CNCC1(C)CCCCC1. The molecule has 0 amide bonds. The summed E-state index contributed by atoms with van der Waals surface area (Å²) in [7, 11) is 0. The largest absolute Gasteiger partial charge is 0.399 e. The van der Waals surface area contributed by atoms with Crippen LogP contribution in [0.3, 0.4) is 0 Å². The number of nitrogens with one attached hydrogen (secondary N) is 1. The topological polar surface area (TPSA) is 38.0 Å². The van der Waals surface area contributed by atoms with Gasteiger partial charge in [-0.3, -0.25) is 0 Å². The smallest absolute Gasteiger partial charge is 0.0346 e. The van der Waals surface area contributed by atoms with Gasteiger partial charge in [-0.25, -0.2) is 0 Å². The molecule has 1 fully saturated rings. The first-order valence-electron chi connectivity index (χ1n) is 7.15. The van der Waals surface area contributed by atoms with E-state index in [0.29, 0.717) is 5.41 Å². The highest BCUT2D eigenvalue weighted by Gasteiger charge is 2.25. The van der Waals surface area contributed by atoms with E-state index in [2.05, 4.69) is 25.2 Å². The van der Waals surface area contributed by atoms with Crippen molar-refractivity contribution in [1.29, 1.82) is 0 Å². The average Bonchev–Trinajstić information content (AvgIpc) is 2.35. The molecule has 2 nitrogen and oxygen atoms in total. The third-order valence-electron chi connectivity index (χ3n) is 4.42. The Kier molecular flexibility index (Phi) is 4.28. The molecule has 1 aromatic carbocycles. The molecule has 0 aliphatic heterocycles. The Morgan fingerprint density at radius 3 is 2.67 bits per heavy atom. The van der Waals surface area contributed by atoms with Crippen molar-refractivity contribution in [2.45, 2.75) is 52.5 Å². The molecule has 1 aliphatic carbocycles. The van der Waals surface area contributed by atoms with Crippen molar-refractivity contribution in [3.8, 4) is 0 Å². The summed E-state index contributed by atoms with van der Waals surface area (Å²) < 4.78 is 0. The van der Waals surface area contributed by atoms with Gasteiger partial charge in [0.25, 0.3) is 0 Å². The van der Waals surface area contributed by atoms with E-state index in [9.17, 15) is 0 Å². The molecule has 0 atom stereocenters. The number of benzene rings is 1. The monoisotopic (exact) mass is 246 g/mol.